The molecule has 1 aliphatic rings. The molecule has 0 spiro atoms. The highest BCUT2D eigenvalue weighted by Gasteiger charge is 2.31. The van der Waals surface area contributed by atoms with Gasteiger partial charge in [-0.3, -0.25) is 0 Å². The van der Waals surface area contributed by atoms with E-state index >= 15 is 0 Å². The van der Waals surface area contributed by atoms with Gasteiger partial charge in [-0.1, -0.05) is 13.8 Å². The van der Waals surface area contributed by atoms with Gasteiger partial charge in [0.05, 0.1) is 19.3 Å². The fourth-order valence-corrected chi connectivity index (χ4v) is 1.40. The molecule has 0 aromatic rings. The van der Waals surface area contributed by atoms with Crippen LogP contribution in [0.1, 0.15) is 33.6 Å². The molecule has 0 saturated carbocycles. The minimum atomic E-state index is -0.589. The second kappa shape index (κ2) is 6.79. The fraction of sp³-hybridized carbons (Fsp3) is 0.900. The molecular weight excluding hydrogens is 184 g/mol. The second-order valence-corrected chi connectivity index (χ2v) is 3.08. The summed E-state index contributed by atoms with van der Waals surface area (Å²) in [6, 6.07) is 0. The van der Waals surface area contributed by atoms with Crippen LogP contribution in [0.2, 0.25) is 0 Å². The molecule has 0 aliphatic carbocycles. The van der Waals surface area contributed by atoms with Gasteiger partial charge in [0.15, 0.2) is 6.10 Å². The Morgan fingerprint density at radius 2 is 2.00 bits per heavy atom. The molecule has 1 saturated heterocycles. The normalized spacial score (nSPS) is 31.4. The Bertz CT molecular complexity index is 160. The molecule has 0 radical (unpaired) electrons. The summed E-state index contributed by atoms with van der Waals surface area (Å²) >= 11 is 0. The first-order chi connectivity index (χ1) is 6.63. The number of carbonyl (C=O) groups is 1. The molecule has 3 atom stereocenters. The van der Waals surface area contributed by atoms with E-state index in [2.05, 4.69) is 4.74 Å². The maximum absolute atomic E-state index is 11.0. The van der Waals surface area contributed by atoms with Crippen molar-refractivity contribution in [2.24, 2.45) is 0 Å². The average molecular weight is 204 g/mol. The number of esters is 1. The summed E-state index contributed by atoms with van der Waals surface area (Å²) < 4.78 is 9.79. The first-order valence-corrected chi connectivity index (χ1v) is 5.05. The largest absolute Gasteiger partial charge is 0.467 e. The summed E-state index contributed by atoms with van der Waals surface area (Å²) in [5.74, 6) is -0.402. The van der Waals surface area contributed by atoms with E-state index < -0.39 is 18.2 Å². The van der Waals surface area contributed by atoms with Crippen LogP contribution < -0.4 is 0 Å². The molecular formula is C10H20O4. The van der Waals surface area contributed by atoms with E-state index in [0.717, 1.165) is 0 Å². The molecule has 1 rings (SSSR count). The Balaban J connectivity index is 0.000000791. The minimum absolute atomic E-state index is 0.0714. The number of aliphatic hydroxyl groups excluding tert-OH is 1. The molecule has 4 nitrogen and oxygen atoms in total. The van der Waals surface area contributed by atoms with Crippen LogP contribution in [-0.2, 0) is 14.3 Å². The molecule has 0 aromatic carbocycles. The third-order valence-corrected chi connectivity index (χ3v) is 1.95. The monoisotopic (exact) mass is 204 g/mol. The Labute approximate surface area is 85.2 Å². The van der Waals surface area contributed by atoms with E-state index in [-0.39, 0.29) is 6.10 Å². The number of hydrogen-bond donors (Lipinski definition) is 1. The van der Waals surface area contributed by atoms with E-state index in [1.165, 1.54) is 7.11 Å². The van der Waals surface area contributed by atoms with Crippen molar-refractivity contribution in [2.45, 2.75) is 51.9 Å². The quantitative estimate of drug-likeness (QED) is 0.650. The van der Waals surface area contributed by atoms with E-state index in [0.29, 0.717) is 12.8 Å². The van der Waals surface area contributed by atoms with Crippen LogP contribution in [0, 0.1) is 0 Å². The summed E-state index contributed by atoms with van der Waals surface area (Å²) in [6.45, 7) is 5.83. The Morgan fingerprint density at radius 3 is 2.43 bits per heavy atom. The van der Waals surface area contributed by atoms with Gasteiger partial charge < -0.3 is 14.6 Å². The van der Waals surface area contributed by atoms with Crippen LogP contribution in [0.15, 0.2) is 0 Å². The first kappa shape index (κ1) is 13.4. The molecule has 1 fully saturated rings. The van der Waals surface area contributed by atoms with E-state index in [4.69, 9.17) is 4.74 Å². The predicted octanol–water partition coefficient (Wildman–Crippen LogP) is 1.11. The van der Waals surface area contributed by atoms with Crippen molar-refractivity contribution in [1.82, 2.24) is 0 Å². The SMILES string of the molecule is CC.COC(=O)C1CC(O)CC(C)O1. The number of hydrogen-bond acceptors (Lipinski definition) is 4. The van der Waals surface area contributed by atoms with Gasteiger partial charge in [-0.25, -0.2) is 4.79 Å². The predicted molar refractivity (Wildman–Crippen MR) is 52.9 cm³/mol. The smallest absolute Gasteiger partial charge is 0.335 e. The molecule has 4 heteroatoms. The van der Waals surface area contributed by atoms with Crippen molar-refractivity contribution >= 4 is 5.97 Å². The average Bonchev–Trinajstić information content (AvgIpc) is 2.18. The van der Waals surface area contributed by atoms with Gasteiger partial charge in [0.25, 0.3) is 0 Å². The van der Waals surface area contributed by atoms with Crippen LogP contribution in [0.3, 0.4) is 0 Å². The number of ether oxygens (including phenoxy) is 2. The van der Waals surface area contributed by atoms with Crippen LogP contribution in [0.5, 0.6) is 0 Å². The highest BCUT2D eigenvalue weighted by Crippen LogP contribution is 2.19. The van der Waals surface area contributed by atoms with Gasteiger partial charge in [0, 0.05) is 6.42 Å². The third-order valence-electron chi connectivity index (χ3n) is 1.95. The summed E-state index contributed by atoms with van der Waals surface area (Å²) in [5.41, 5.74) is 0. The van der Waals surface area contributed by atoms with Crippen molar-refractivity contribution in [3.8, 4) is 0 Å². The fourth-order valence-electron chi connectivity index (χ4n) is 1.40. The Kier molecular flexibility index (Phi) is 6.49. The molecule has 84 valence electrons. The van der Waals surface area contributed by atoms with E-state index in [1.54, 1.807) is 0 Å². The molecule has 0 bridgehead atoms. The highest BCUT2D eigenvalue weighted by atomic mass is 16.6. The lowest BCUT2D eigenvalue weighted by Crippen LogP contribution is -2.39. The number of methoxy groups -OCH3 is 1. The highest BCUT2D eigenvalue weighted by molar-refractivity contribution is 5.74. The minimum Gasteiger partial charge on any atom is -0.467 e. The standard InChI is InChI=1S/C8H14O4.C2H6/c1-5-3-6(9)4-7(12-5)8(10)11-2;1-2/h5-7,9H,3-4H2,1-2H3;1-2H3. The summed E-state index contributed by atoms with van der Waals surface area (Å²) in [4.78, 5) is 11.0. The molecule has 1 aliphatic heterocycles. The van der Waals surface area contributed by atoms with Crippen molar-refractivity contribution in [3.63, 3.8) is 0 Å². The zero-order valence-corrected chi connectivity index (χ0v) is 9.32. The van der Waals surface area contributed by atoms with Crippen LogP contribution >= 0.6 is 0 Å². The molecule has 1 heterocycles. The molecule has 14 heavy (non-hydrogen) atoms. The van der Waals surface area contributed by atoms with Crippen LogP contribution in [-0.4, -0.2) is 36.5 Å². The molecule has 0 aromatic heterocycles. The zero-order chi connectivity index (χ0) is 11.1. The van der Waals surface area contributed by atoms with Gasteiger partial charge in [-0.2, -0.15) is 0 Å². The maximum Gasteiger partial charge on any atom is 0.335 e. The summed E-state index contributed by atoms with van der Waals surface area (Å²) in [6.07, 6.45) is -0.172. The van der Waals surface area contributed by atoms with E-state index in [9.17, 15) is 9.90 Å². The molecule has 1 N–H and O–H groups in total. The van der Waals surface area contributed by atoms with Crippen LogP contribution in [0.25, 0.3) is 0 Å². The number of rotatable bonds is 1. The van der Waals surface area contributed by atoms with Crippen molar-refractivity contribution < 1.29 is 19.4 Å². The van der Waals surface area contributed by atoms with Gasteiger partial charge in [-0.15, -0.1) is 0 Å². The van der Waals surface area contributed by atoms with Crippen molar-refractivity contribution in [2.75, 3.05) is 7.11 Å². The summed E-state index contributed by atoms with van der Waals surface area (Å²) in [7, 11) is 1.32. The zero-order valence-electron chi connectivity index (χ0n) is 9.32. The summed E-state index contributed by atoms with van der Waals surface area (Å²) in [5, 5.41) is 9.31. The Morgan fingerprint density at radius 1 is 1.43 bits per heavy atom. The molecule has 0 amide bonds. The van der Waals surface area contributed by atoms with Crippen molar-refractivity contribution in [3.05, 3.63) is 0 Å². The van der Waals surface area contributed by atoms with Gasteiger partial charge >= 0.3 is 5.97 Å². The van der Waals surface area contributed by atoms with Gasteiger partial charge in [0.2, 0.25) is 0 Å². The van der Waals surface area contributed by atoms with Crippen molar-refractivity contribution in [1.29, 1.82) is 0 Å². The lowest BCUT2D eigenvalue weighted by atomic mass is 10.0. The third kappa shape index (κ3) is 4.07. The van der Waals surface area contributed by atoms with E-state index in [1.807, 2.05) is 20.8 Å². The topological polar surface area (TPSA) is 55.8 Å². The number of carbonyl (C=O) groups excluding carboxylic acids is 1. The number of aliphatic hydroxyl groups is 1. The lowest BCUT2D eigenvalue weighted by Gasteiger charge is -2.29. The van der Waals surface area contributed by atoms with Crippen LogP contribution in [0.4, 0.5) is 0 Å². The second-order valence-electron chi connectivity index (χ2n) is 3.08. The first-order valence-electron chi connectivity index (χ1n) is 5.05. The Hall–Kier alpha value is -0.610. The van der Waals surface area contributed by atoms with Gasteiger partial charge in [0.1, 0.15) is 0 Å². The van der Waals surface area contributed by atoms with Gasteiger partial charge in [-0.05, 0) is 13.3 Å². The maximum atomic E-state index is 11.0. The molecule has 3 unspecified atom stereocenters. The lowest BCUT2D eigenvalue weighted by molar-refractivity contribution is -0.167.